The van der Waals surface area contributed by atoms with Crippen molar-refractivity contribution in [2.45, 2.75) is 31.8 Å². The van der Waals surface area contributed by atoms with Crippen molar-refractivity contribution in [1.82, 2.24) is 14.9 Å². The van der Waals surface area contributed by atoms with Gasteiger partial charge in [-0.25, -0.2) is 9.97 Å². The molecule has 5 heteroatoms. The third kappa shape index (κ3) is 3.75. The van der Waals surface area contributed by atoms with Gasteiger partial charge in [0.1, 0.15) is 17.2 Å². The summed E-state index contributed by atoms with van der Waals surface area (Å²) < 4.78 is 11.8. The molecule has 1 fully saturated rings. The van der Waals surface area contributed by atoms with Crippen LogP contribution in [0.5, 0.6) is 5.75 Å². The number of likely N-dealkylation sites (tertiary alicyclic amines) is 1. The van der Waals surface area contributed by atoms with E-state index < -0.39 is 0 Å². The van der Waals surface area contributed by atoms with Crippen molar-refractivity contribution in [2.75, 3.05) is 33.4 Å². The van der Waals surface area contributed by atoms with E-state index in [1.165, 1.54) is 5.56 Å². The molecule has 5 nitrogen and oxygen atoms in total. The molecule has 1 saturated heterocycles. The topological polar surface area (TPSA) is 47.5 Å². The molecule has 2 aromatic rings. The highest BCUT2D eigenvalue weighted by atomic mass is 16.5. The first-order valence-corrected chi connectivity index (χ1v) is 9.69. The summed E-state index contributed by atoms with van der Waals surface area (Å²) in [6.07, 6.45) is 9.40. The molecule has 2 aliphatic heterocycles. The number of rotatable bonds is 4. The zero-order valence-corrected chi connectivity index (χ0v) is 16.1. The van der Waals surface area contributed by atoms with Crippen LogP contribution < -0.4 is 4.74 Å². The largest absolute Gasteiger partial charge is 0.496 e. The van der Waals surface area contributed by atoms with E-state index in [1.54, 1.807) is 7.11 Å². The number of piperidine rings is 1. The summed E-state index contributed by atoms with van der Waals surface area (Å²) in [5.41, 5.74) is 3.19. The number of aryl methyl sites for hydroxylation is 1. The molecule has 142 valence electrons. The predicted octanol–water partition coefficient (Wildman–Crippen LogP) is 3.37. The lowest BCUT2D eigenvalue weighted by atomic mass is 9.84. The summed E-state index contributed by atoms with van der Waals surface area (Å²) in [7, 11) is 1.71. The standard InChI is InChI=1S/C22H27N3O2/c1-17-23-15-19-10-14-27-22(21(19)24-17)11-6-13-25(16-22)12-5-8-18-7-3-4-9-20(18)26-2/h3-5,7-9,15H,6,10-14,16H2,1-2H3/b8-5+/t22-/m1/s1. The molecule has 0 aliphatic carbocycles. The zero-order valence-electron chi connectivity index (χ0n) is 16.1. The Balaban J connectivity index is 1.49. The molecule has 2 aliphatic rings. The fourth-order valence-corrected chi connectivity index (χ4v) is 4.20. The number of nitrogens with zero attached hydrogens (tertiary/aromatic N) is 3. The Hall–Kier alpha value is -2.24. The lowest BCUT2D eigenvalue weighted by Gasteiger charge is -2.44. The maximum atomic E-state index is 6.34. The Morgan fingerprint density at radius 3 is 3.11 bits per heavy atom. The highest BCUT2D eigenvalue weighted by Gasteiger charge is 2.42. The highest BCUT2D eigenvalue weighted by Crippen LogP contribution is 2.39. The summed E-state index contributed by atoms with van der Waals surface area (Å²) in [6.45, 7) is 5.57. The van der Waals surface area contributed by atoms with Crippen LogP contribution in [0.25, 0.3) is 6.08 Å². The van der Waals surface area contributed by atoms with Crippen LogP contribution in [0.1, 0.15) is 35.5 Å². The summed E-state index contributed by atoms with van der Waals surface area (Å²) >= 11 is 0. The Morgan fingerprint density at radius 1 is 1.33 bits per heavy atom. The number of ether oxygens (including phenoxy) is 2. The number of hydrogen-bond acceptors (Lipinski definition) is 5. The molecule has 3 heterocycles. The molecular formula is C22H27N3O2. The molecule has 0 radical (unpaired) electrons. The SMILES string of the molecule is COc1ccccc1/C=C/CN1CCC[C@]2(C1)OCCc1cnc(C)nc12. The average molecular weight is 365 g/mol. The second-order valence-electron chi connectivity index (χ2n) is 7.37. The normalized spacial score (nSPS) is 22.9. The molecule has 0 N–H and O–H groups in total. The van der Waals surface area contributed by atoms with Gasteiger partial charge in [-0.3, -0.25) is 4.90 Å². The van der Waals surface area contributed by atoms with Crippen LogP contribution in [0.4, 0.5) is 0 Å². The molecule has 1 aromatic heterocycles. The molecular weight excluding hydrogens is 338 g/mol. The lowest BCUT2D eigenvalue weighted by Crippen LogP contribution is -2.50. The van der Waals surface area contributed by atoms with Crippen molar-refractivity contribution in [3.05, 3.63) is 59.2 Å². The van der Waals surface area contributed by atoms with E-state index in [-0.39, 0.29) is 5.60 Å². The summed E-state index contributed by atoms with van der Waals surface area (Å²) in [6, 6.07) is 8.09. The van der Waals surface area contributed by atoms with Gasteiger partial charge in [0.05, 0.1) is 19.4 Å². The van der Waals surface area contributed by atoms with Crippen LogP contribution in [-0.2, 0) is 16.8 Å². The van der Waals surface area contributed by atoms with Gasteiger partial charge in [-0.2, -0.15) is 0 Å². The first-order chi connectivity index (χ1) is 13.2. The molecule has 0 saturated carbocycles. The van der Waals surface area contributed by atoms with Crippen molar-refractivity contribution in [1.29, 1.82) is 0 Å². The maximum Gasteiger partial charge on any atom is 0.126 e. The van der Waals surface area contributed by atoms with Crippen LogP contribution in [-0.4, -0.2) is 48.2 Å². The van der Waals surface area contributed by atoms with Gasteiger partial charge in [0.2, 0.25) is 0 Å². The molecule has 1 atom stereocenters. The fourth-order valence-electron chi connectivity index (χ4n) is 4.20. The first-order valence-electron chi connectivity index (χ1n) is 9.69. The lowest BCUT2D eigenvalue weighted by molar-refractivity contribution is -0.105. The minimum atomic E-state index is -0.280. The minimum absolute atomic E-state index is 0.280. The van der Waals surface area contributed by atoms with Gasteiger partial charge < -0.3 is 9.47 Å². The molecule has 0 amide bonds. The summed E-state index contributed by atoms with van der Waals surface area (Å²) in [4.78, 5) is 11.6. The third-order valence-electron chi connectivity index (χ3n) is 5.50. The second-order valence-corrected chi connectivity index (χ2v) is 7.37. The van der Waals surface area contributed by atoms with Gasteiger partial charge in [0.15, 0.2) is 0 Å². The van der Waals surface area contributed by atoms with Gasteiger partial charge in [-0.05, 0) is 44.4 Å². The number of para-hydroxylation sites is 1. The smallest absolute Gasteiger partial charge is 0.126 e. The Bertz CT molecular complexity index is 836. The van der Waals surface area contributed by atoms with Gasteiger partial charge in [-0.15, -0.1) is 0 Å². The van der Waals surface area contributed by atoms with Gasteiger partial charge in [-0.1, -0.05) is 30.4 Å². The van der Waals surface area contributed by atoms with E-state index >= 15 is 0 Å². The van der Waals surface area contributed by atoms with Crippen LogP contribution in [0.2, 0.25) is 0 Å². The molecule has 1 spiro atoms. The molecule has 27 heavy (non-hydrogen) atoms. The Labute approximate surface area is 161 Å². The number of fused-ring (bicyclic) bond motifs is 2. The third-order valence-corrected chi connectivity index (χ3v) is 5.50. The fraction of sp³-hybridized carbons (Fsp3) is 0.455. The summed E-state index contributed by atoms with van der Waals surface area (Å²) in [5, 5.41) is 0. The predicted molar refractivity (Wildman–Crippen MR) is 106 cm³/mol. The van der Waals surface area contributed by atoms with Crippen molar-refractivity contribution >= 4 is 6.08 Å². The van der Waals surface area contributed by atoms with E-state index in [9.17, 15) is 0 Å². The van der Waals surface area contributed by atoms with E-state index in [0.717, 1.165) is 68.3 Å². The number of methoxy groups -OCH3 is 1. The average Bonchev–Trinajstić information content (AvgIpc) is 2.69. The van der Waals surface area contributed by atoms with Crippen molar-refractivity contribution in [2.24, 2.45) is 0 Å². The second kappa shape index (κ2) is 7.79. The van der Waals surface area contributed by atoms with Crippen LogP contribution in [0.3, 0.4) is 0 Å². The van der Waals surface area contributed by atoms with Gasteiger partial charge in [0, 0.05) is 24.8 Å². The monoisotopic (exact) mass is 365 g/mol. The quantitative estimate of drug-likeness (QED) is 0.831. The van der Waals surface area contributed by atoms with Gasteiger partial charge >= 0.3 is 0 Å². The highest BCUT2D eigenvalue weighted by molar-refractivity contribution is 5.57. The first kappa shape index (κ1) is 18.1. The molecule has 0 bridgehead atoms. The van der Waals surface area contributed by atoms with E-state index in [2.05, 4.69) is 28.1 Å². The van der Waals surface area contributed by atoms with E-state index in [0.29, 0.717) is 0 Å². The maximum absolute atomic E-state index is 6.34. The minimum Gasteiger partial charge on any atom is -0.496 e. The van der Waals surface area contributed by atoms with Crippen LogP contribution >= 0.6 is 0 Å². The van der Waals surface area contributed by atoms with Crippen molar-refractivity contribution in [3.63, 3.8) is 0 Å². The van der Waals surface area contributed by atoms with Crippen LogP contribution in [0.15, 0.2) is 36.5 Å². The summed E-state index contributed by atoms with van der Waals surface area (Å²) in [5.74, 6) is 1.73. The number of aromatic nitrogens is 2. The van der Waals surface area contributed by atoms with Crippen molar-refractivity contribution < 1.29 is 9.47 Å². The number of hydrogen-bond donors (Lipinski definition) is 0. The van der Waals surface area contributed by atoms with Gasteiger partial charge in [0.25, 0.3) is 0 Å². The van der Waals surface area contributed by atoms with E-state index in [4.69, 9.17) is 14.5 Å². The zero-order chi connectivity index (χ0) is 18.7. The molecule has 4 rings (SSSR count). The Morgan fingerprint density at radius 2 is 2.22 bits per heavy atom. The molecule has 0 unspecified atom stereocenters. The molecule has 1 aromatic carbocycles. The number of benzene rings is 1. The van der Waals surface area contributed by atoms with E-state index in [1.807, 2.05) is 31.3 Å². The van der Waals surface area contributed by atoms with Crippen molar-refractivity contribution in [3.8, 4) is 5.75 Å². The Kier molecular flexibility index (Phi) is 5.23. The van der Waals surface area contributed by atoms with Crippen LogP contribution in [0, 0.1) is 6.92 Å².